The average Bonchev–Trinajstić information content (AvgIpc) is 2.80. The lowest BCUT2D eigenvalue weighted by Crippen LogP contribution is -2.60. The van der Waals surface area contributed by atoms with Gasteiger partial charge in [-0.2, -0.15) is 0 Å². The first kappa shape index (κ1) is 18.9. The number of aliphatic carboxylic acids is 4. The van der Waals surface area contributed by atoms with Crippen LogP contribution in [0, 0.1) is 16.7 Å². The van der Waals surface area contributed by atoms with Crippen molar-refractivity contribution >= 4 is 23.9 Å². The molecule has 8 heteroatoms. The highest BCUT2D eigenvalue weighted by molar-refractivity contribution is 6.13. The molecule has 0 aromatic heterocycles. The number of hydrogen-bond donors (Lipinski definition) is 4. The molecule has 1 atom stereocenters. The Labute approximate surface area is 133 Å². The van der Waals surface area contributed by atoms with E-state index in [2.05, 4.69) is 0 Å². The first-order chi connectivity index (χ1) is 10.7. The molecule has 1 unspecified atom stereocenters. The van der Waals surface area contributed by atoms with E-state index in [4.69, 9.17) is 0 Å². The van der Waals surface area contributed by atoms with Crippen LogP contribution < -0.4 is 0 Å². The molecular weight excluding hydrogens is 308 g/mol. The van der Waals surface area contributed by atoms with Crippen LogP contribution in [0.15, 0.2) is 0 Å². The summed E-state index contributed by atoms with van der Waals surface area (Å²) in [4.78, 5) is 46.8. The summed E-state index contributed by atoms with van der Waals surface area (Å²) in [7, 11) is 0. The summed E-state index contributed by atoms with van der Waals surface area (Å²) in [6, 6.07) is 0. The minimum Gasteiger partial charge on any atom is -0.480 e. The molecule has 0 bridgehead atoms. The zero-order valence-corrected chi connectivity index (χ0v) is 12.9. The molecule has 8 nitrogen and oxygen atoms in total. The molecule has 0 radical (unpaired) electrons. The van der Waals surface area contributed by atoms with Gasteiger partial charge in [-0.1, -0.05) is 32.6 Å². The average molecular weight is 330 g/mol. The third-order valence-corrected chi connectivity index (χ3v) is 4.96. The largest absolute Gasteiger partial charge is 0.480 e. The summed E-state index contributed by atoms with van der Waals surface area (Å²) in [6.45, 7) is 1.98. The first-order valence-corrected chi connectivity index (χ1v) is 7.63. The van der Waals surface area contributed by atoms with Gasteiger partial charge in [0, 0.05) is 0 Å². The topological polar surface area (TPSA) is 149 Å². The van der Waals surface area contributed by atoms with Crippen molar-refractivity contribution in [1.29, 1.82) is 0 Å². The van der Waals surface area contributed by atoms with Crippen LogP contribution in [0.2, 0.25) is 0 Å². The van der Waals surface area contributed by atoms with Gasteiger partial charge in [0.1, 0.15) is 0 Å². The quantitative estimate of drug-likeness (QED) is 0.368. The minimum absolute atomic E-state index is 0.0523. The standard InChI is InChI=1S/C15H22O8/c1-2-3-4-5-6-9-7-8-14(10(16)17,11(18)19)15(9,12(20)21)13(22)23/h9H,2-8H2,1H3,(H,16,17)(H,18,19)(H,20,21)(H,22,23). The van der Waals surface area contributed by atoms with E-state index in [1.165, 1.54) is 0 Å². The highest BCUT2D eigenvalue weighted by Gasteiger charge is 2.77. The Kier molecular flexibility index (Phi) is 5.74. The molecule has 1 aliphatic carbocycles. The fraction of sp³-hybridized carbons (Fsp3) is 0.733. The van der Waals surface area contributed by atoms with Gasteiger partial charge in [0.2, 0.25) is 0 Å². The number of carbonyl (C=O) groups is 4. The van der Waals surface area contributed by atoms with Crippen molar-refractivity contribution in [2.24, 2.45) is 16.7 Å². The molecule has 23 heavy (non-hydrogen) atoms. The molecule has 1 rings (SSSR count). The monoisotopic (exact) mass is 330 g/mol. The molecule has 1 aliphatic rings. The van der Waals surface area contributed by atoms with E-state index in [0.29, 0.717) is 6.42 Å². The summed E-state index contributed by atoms with van der Waals surface area (Å²) in [5, 5.41) is 37.8. The van der Waals surface area contributed by atoms with Gasteiger partial charge in [0.25, 0.3) is 0 Å². The Morgan fingerprint density at radius 2 is 1.39 bits per heavy atom. The summed E-state index contributed by atoms with van der Waals surface area (Å²) in [5.74, 6) is -8.64. The molecule has 130 valence electrons. The normalized spacial score (nSPS) is 21.7. The molecule has 0 aromatic carbocycles. The smallest absolute Gasteiger partial charge is 0.323 e. The SMILES string of the molecule is CCCCCCC1CCC(C(=O)O)(C(=O)O)C1(C(=O)O)C(=O)O. The Morgan fingerprint density at radius 1 is 0.870 bits per heavy atom. The van der Waals surface area contributed by atoms with E-state index < -0.39 is 47.0 Å². The van der Waals surface area contributed by atoms with Gasteiger partial charge in [0.15, 0.2) is 10.8 Å². The van der Waals surface area contributed by atoms with Crippen molar-refractivity contribution in [3.05, 3.63) is 0 Å². The first-order valence-electron chi connectivity index (χ1n) is 7.63. The summed E-state index contributed by atoms with van der Waals surface area (Å²) < 4.78 is 0. The zero-order chi connectivity index (χ0) is 17.8. The molecule has 0 aliphatic heterocycles. The predicted octanol–water partition coefficient (Wildman–Crippen LogP) is 1.68. The van der Waals surface area contributed by atoms with E-state index in [1.54, 1.807) is 0 Å². The number of carboxylic acid groups (broad SMARTS) is 4. The maximum Gasteiger partial charge on any atom is 0.323 e. The van der Waals surface area contributed by atoms with Crippen LogP contribution >= 0.6 is 0 Å². The van der Waals surface area contributed by atoms with Gasteiger partial charge in [-0.15, -0.1) is 0 Å². The summed E-state index contributed by atoms with van der Waals surface area (Å²) in [6.07, 6.45) is 2.75. The molecule has 4 N–H and O–H groups in total. The third kappa shape index (κ3) is 2.66. The fourth-order valence-electron chi connectivity index (χ4n) is 3.78. The van der Waals surface area contributed by atoms with Crippen molar-refractivity contribution in [1.82, 2.24) is 0 Å². The van der Waals surface area contributed by atoms with Crippen LogP contribution in [0.4, 0.5) is 0 Å². The van der Waals surface area contributed by atoms with Crippen molar-refractivity contribution in [3.63, 3.8) is 0 Å². The Morgan fingerprint density at radius 3 is 1.78 bits per heavy atom. The van der Waals surface area contributed by atoms with Gasteiger partial charge in [-0.25, -0.2) is 0 Å². The number of unbranched alkanes of at least 4 members (excludes halogenated alkanes) is 3. The third-order valence-electron chi connectivity index (χ3n) is 4.96. The van der Waals surface area contributed by atoms with E-state index in [0.717, 1.165) is 19.3 Å². The fourth-order valence-corrected chi connectivity index (χ4v) is 3.78. The second kappa shape index (κ2) is 6.97. The van der Waals surface area contributed by atoms with Crippen molar-refractivity contribution in [2.75, 3.05) is 0 Å². The van der Waals surface area contributed by atoms with Crippen LogP contribution in [0.3, 0.4) is 0 Å². The van der Waals surface area contributed by atoms with Crippen molar-refractivity contribution in [3.8, 4) is 0 Å². The van der Waals surface area contributed by atoms with Crippen molar-refractivity contribution in [2.45, 2.75) is 51.9 Å². The van der Waals surface area contributed by atoms with Crippen LogP contribution in [0.5, 0.6) is 0 Å². The summed E-state index contributed by atoms with van der Waals surface area (Å²) >= 11 is 0. The lowest BCUT2D eigenvalue weighted by Gasteiger charge is -2.36. The molecule has 0 heterocycles. The van der Waals surface area contributed by atoms with Crippen LogP contribution in [0.1, 0.15) is 51.9 Å². The van der Waals surface area contributed by atoms with Gasteiger partial charge in [-0.3, -0.25) is 19.2 Å². The Hall–Kier alpha value is -2.12. The van der Waals surface area contributed by atoms with E-state index in [1.807, 2.05) is 6.92 Å². The van der Waals surface area contributed by atoms with Gasteiger partial charge in [0.05, 0.1) is 0 Å². The molecule has 1 fully saturated rings. The van der Waals surface area contributed by atoms with Crippen molar-refractivity contribution < 1.29 is 39.6 Å². The van der Waals surface area contributed by atoms with E-state index in [-0.39, 0.29) is 12.8 Å². The highest BCUT2D eigenvalue weighted by Crippen LogP contribution is 2.59. The molecule has 0 spiro atoms. The molecule has 0 amide bonds. The number of rotatable bonds is 9. The van der Waals surface area contributed by atoms with Gasteiger partial charge in [-0.05, 0) is 25.2 Å². The van der Waals surface area contributed by atoms with Crippen LogP contribution in [-0.2, 0) is 19.2 Å². The number of carboxylic acids is 4. The molecule has 0 aromatic rings. The second-order valence-electron chi connectivity index (χ2n) is 6.02. The maximum atomic E-state index is 11.8. The van der Waals surface area contributed by atoms with Gasteiger partial charge >= 0.3 is 23.9 Å². The van der Waals surface area contributed by atoms with Crippen LogP contribution in [0.25, 0.3) is 0 Å². The van der Waals surface area contributed by atoms with Crippen LogP contribution in [-0.4, -0.2) is 44.3 Å². The lowest BCUT2D eigenvalue weighted by molar-refractivity contribution is -0.195. The predicted molar refractivity (Wildman–Crippen MR) is 76.9 cm³/mol. The minimum atomic E-state index is -2.85. The van der Waals surface area contributed by atoms with E-state index in [9.17, 15) is 39.6 Å². The zero-order valence-electron chi connectivity index (χ0n) is 12.9. The van der Waals surface area contributed by atoms with Gasteiger partial charge < -0.3 is 20.4 Å². The lowest BCUT2D eigenvalue weighted by atomic mass is 9.61. The Bertz CT molecular complexity index is 482. The maximum absolute atomic E-state index is 11.8. The summed E-state index contributed by atoms with van der Waals surface area (Å²) in [5.41, 5.74) is -5.70. The molecule has 0 saturated heterocycles. The Balaban J connectivity index is 3.35. The molecule has 1 saturated carbocycles. The highest BCUT2D eigenvalue weighted by atomic mass is 16.4. The van der Waals surface area contributed by atoms with E-state index >= 15 is 0 Å². The number of hydrogen-bond acceptors (Lipinski definition) is 4. The second-order valence-corrected chi connectivity index (χ2v) is 6.02. The molecular formula is C15H22O8.